The molecule has 0 aliphatic carbocycles. The summed E-state index contributed by atoms with van der Waals surface area (Å²) in [5, 5.41) is 0. The van der Waals surface area contributed by atoms with Crippen molar-refractivity contribution in [1.82, 2.24) is 19.4 Å². The minimum atomic E-state index is -0.876. The van der Waals surface area contributed by atoms with Crippen LogP contribution in [0.15, 0.2) is 18.5 Å². The van der Waals surface area contributed by atoms with Gasteiger partial charge >= 0.3 is 0 Å². The highest BCUT2D eigenvalue weighted by Crippen LogP contribution is 2.25. The molecule has 2 aromatic rings. The summed E-state index contributed by atoms with van der Waals surface area (Å²) >= 11 is 0. The summed E-state index contributed by atoms with van der Waals surface area (Å²) in [6, 6.07) is 2.33. The average Bonchev–Trinajstić information content (AvgIpc) is 3.04. The normalized spacial score (nSPS) is 22.5. The topological polar surface area (TPSA) is 41.4 Å². The van der Waals surface area contributed by atoms with Gasteiger partial charge in [0.15, 0.2) is 11.6 Å². The molecular formula is C20H26F2N4O. The van der Waals surface area contributed by atoms with Crippen molar-refractivity contribution in [2.75, 3.05) is 26.2 Å². The smallest absolute Gasteiger partial charge is 0.225 e. The molecule has 2 aliphatic heterocycles. The number of halogens is 2. The van der Waals surface area contributed by atoms with Crippen molar-refractivity contribution in [2.45, 2.75) is 39.3 Å². The van der Waals surface area contributed by atoms with E-state index in [1.165, 1.54) is 12.5 Å². The van der Waals surface area contributed by atoms with Gasteiger partial charge in [0, 0.05) is 44.2 Å². The number of benzene rings is 1. The fourth-order valence-electron chi connectivity index (χ4n) is 4.35. The van der Waals surface area contributed by atoms with E-state index >= 15 is 0 Å². The number of carbonyl (C=O) groups excluding carboxylic acids is 1. The molecule has 1 atom stereocenters. The fraction of sp³-hybridized carbons (Fsp3) is 0.600. The summed E-state index contributed by atoms with van der Waals surface area (Å²) in [6.07, 6.45) is 5.64. The van der Waals surface area contributed by atoms with Crippen LogP contribution in [0.2, 0.25) is 0 Å². The van der Waals surface area contributed by atoms with Crippen molar-refractivity contribution < 1.29 is 13.6 Å². The second kappa shape index (κ2) is 7.54. The molecule has 27 heavy (non-hydrogen) atoms. The summed E-state index contributed by atoms with van der Waals surface area (Å²) in [4.78, 5) is 21.2. The second-order valence-corrected chi connectivity index (χ2v) is 8.03. The Morgan fingerprint density at radius 2 is 1.89 bits per heavy atom. The molecule has 146 valence electrons. The van der Waals surface area contributed by atoms with E-state index in [-0.39, 0.29) is 5.92 Å². The molecule has 1 aromatic carbocycles. The lowest BCUT2D eigenvalue weighted by Gasteiger charge is -2.37. The maximum Gasteiger partial charge on any atom is 0.225 e. The van der Waals surface area contributed by atoms with Crippen LogP contribution in [0.1, 0.15) is 32.6 Å². The Morgan fingerprint density at radius 3 is 2.63 bits per heavy atom. The molecule has 0 saturated carbocycles. The molecule has 0 spiro atoms. The van der Waals surface area contributed by atoms with Gasteiger partial charge in [-0.3, -0.25) is 9.69 Å². The number of imidazole rings is 1. The summed E-state index contributed by atoms with van der Waals surface area (Å²) < 4.78 is 28.7. The number of amides is 1. The lowest BCUT2D eigenvalue weighted by Crippen LogP contribution is -2.46. The zero-order valence-electron chi connectivity index (χ0n) is 15.7. The van der Waals surface area contributed by atoms with Crippen LogP contribution >= 0.6 is 0 Å². The number of nitrogens with zero attached hydrogens (tertiary/aromatic N) is 4. The Hall–Kier alpha value is -2.02. The molecule has 0 unspecified atom stereocenters. The minimum absolute atomic E-state index is 0.109. The van der Waals surface area contributed by atoms with Crippen molar-refractivity contribution >= 4 is 16.9 Å². The van der Waals surface area contributed by atoms with Crippen molar-refractivity contribution in [1.29, 1.82) is 0 Å². The molecule has 1 aromatic heterocycles. The van der Waals surface area contributed by atoms with Crippen LogP contribution in [-0.2, 0) is 11.5 Å². The first-order valence-corrected chi connectivity index (χ1v) is 9.82. The molecule has 5 nitrogen and oxygen atoms in total. The Bertz CT molecular complexity index is 829. The number of likely N-dealkylation sites (tertiary alicyclic amines) is 2. The van der Waals surface area contributed by atoms with Crippen molar-refractivity contribution in [2.24, 2.45) is 11.8 Å². The van der Waals surface area contributed by atoms with E-state index in [4.69, 9.17) is 0 Å². The minimum Gasteiger partial charge on any atom is -0.342 e. The maximum atomic E-state index is 13.6. The molecule has 0 N–H and O–H groups in total. The van der Waals surface area contributed by atoms with E-state index in [0.717, 1.165) is 51.5 Å². The number of rotatable bonds is 3. The number of hydrogen-bond acceptors (Lipinski definition) is 3. The van der Waals surface area contributed by atoms with E-state index in [0.29, 0.717) is 29.5 Å². The molecule has 2 saturated heterocycles. The molecule has 0 bridgehead atoms. The Balaban J connectivity index is 1.36. The van der Waals surface area contributed by atoms with E-state index in [1.54, 1.807) is 6.33 Å². The van der Waals surface area contributed by atoms with Gasteiger partial charge in [0.1, 0.15) is 0 Å². The predicted octanol–water partition coefficient (Wildman–Crippen LogP) is 3.24. The molecule has 3 heterocycles. The van der Waals surface area contributed by atoms with Crippen LogP contribution in [-0.4, -0.2) is 51.4 Å². The number of fused-ring (bicyclic) bond motifs is 1. The van der Waals surface area contributed by atoms with Gasteiger partial charge < -0.3 is 9.47 Å². The third-order valence-electron chi connectivity index (χ3n) is 5.92. The Morgan fingerprint density at radius 1 is 1.15 bits per heavy atom. The van der Waals surface area contributed by atoms with Crippen molar-refractivity contribution in [3.8, 4) is 0 Å². The van der Waals surface area contributed by atoms with Gasteiger partial charge in [-0.2, -0.15) is 0 Å². The van der Waals surface area contributed by atoms with Crippen LogP contribution in [0.4, 0.5) is 8.78 Å². The van der Waals surface area contributed by atoms with Gasteiger partial charge in [-0.05, 0) is 31.6 Å². The average molecular weight is 376 g/mol. The van der Waals surface area contributed by atoms with Gasteiger partial charge in [0.2, 0.25) is 5.91 Å². The van der Waals surface area contributed by atoms with Crippen LogP contribution in [0, 0.1) is 23.5 Å². The van der Waals surface area contributed by atoms with Crippen LogP contribution in [0.5, 0.6) is 0 Å². The predicted molar refractivity (Wildman–Crippen MR) is 98.9 cm³/mol. The van der Waals surface area contributed by atoms with Crippen LogP contribution < -0.4 is 0 Å². The van der Waals surface area contributed by atoms with E-state index < -0.39 is 11.6 Å². The molecule has 2 fully saturated rings. The first-order valence-electron chi connectivity index (χ1n) is 9.82. The summed E-state index contributed by atoms with van der Waals surface area (Å²) in [5.41, 5.74) is 1.05. The van der Waals surface area contributed by atoms with Crippen molar-refractivity contribution in [3.63, 3.8) is 0 Å². The number of carbonyl (C=O) groups is 1. The molecule has 0 radical (unpaired) electrons. The largest absolute Gasteiger partial charge is 0.342 e. The molecule has 1 amide bonds. The van der Waals surface area contributed by atoms with Crippen LogP contribution in [0.3, 0.4) is 0 Å². The lowest BCUT2D eigenvalue weighted by molar-refractivity contribution is -0.139. The molecule has 2 aliphatic rings. The highest BCUT2D eigenvalue weighted by atomic mass is 19.2. The first kappa shape index (κ1) is 18.3. The van der Waals surface area contributed by atoms with Gasteiger partial charge in [-0.1, -0.05) is 6.92 Å². The van der Waals surface area contributed by atoms with Crippen LogP contribution in [0.25, 0.3) is 11.0 Å². The Labute approximate surface area is 157 Å². The highest BCUT2D eigenvalue weighted by Gasteiger charge is 2.30. The summed E-state index contributed by atoms with van der Waals surface area (Å²) in [5.74, 6) is -0.713. The van der Waals surface area contributed by atoms with Gasteiger partial charge in [-0.15, -0.1) is 0 Å². The maximum absolute atomic E-state index is 13.6. The number of aromatic nitrogens is 2. The second-order valence-electron chi connectivity index (χ2n) is 8.03. The molecule has 7 heteroatoms. The Kier molecular flexibility index (Phi) is 5.12. The van der Waals surface area contributed by atoms with E-state index in [1.807, 2.05) is 4.57 Å². The zero-order valence-corrected chi connectivity index (χ0v) is 15.7. The standard InChI is InChI=1S/C20H26F2N4O/c1-14-3-2-6-25(11-14)20(27)15-4-7-24(8-5-15)13-26-12-23-18-9-16(21)17(22)10-19(18)26/h9-10,12,14-15H,2-8,11,13H2,1H3/t14-/m1/s1. The monoisotopic (exact) mass is 376 g/mol. The van der Waals surface area contributed by atoms with Crippen molar-refractivity contribution in [3.05, 3.63) is 30.1 Å². The summed E-state index contributed by atoms with van der Waals surface area (Å²) in [6.45, 7) is 6.22. The number of hydrogen-bond donors (Lipinski definition) is 0. The van der Waals surface area contributed by atoms with E-state index in [2.05, 4.69) is 21.7 Å². The molecular weight excluding hydrogens is 350 g/mol. The quantitative estimate of drug-likeness (QED) is 0.826. The lowest BCUT2D eigenvalue weighted by atomic mass is 9.93. The zero-order chi connectivity index (χ0) is 19.0. The van der Waals surface area contributed by atoms with Gasteiger partial charge in [0.05, 0.1) is 24.0 Å². The third-order valence-corrected chi connectivity index (χ3v) is 5.92. The van der Waals surface area contributed by atoms with Gasteiger partial charge in [-0.25, -0.2) is 13.8 Å². The molecule has 4 rings (SSSR count). The fourth-order valence-corrected chi connectivity index (χ4v) is 4.35. The first-order chi connectivity index (χ1) is 13.0. The summed E-state index contributed by atoms with van der Waals surface area (Å²) in [7, 11) is 0. The van der Waals surface area contributed by atoms with Gasteiger partial charge in [0.25, 0.3) is 0 Å². The third kappa shape index (κ3) is 3.83. The number of piperidine rings is 2. The SMILES string of the molecule is C[C@@H]1CCCN(C(=O)C2CCN(Cn3cnc4cc(F)c(F)cc43)CC2)C1. The van der Waals surface area contributed by atoms with E-state index in [9.17, 15) is 13.6 Å². The highest BCUT2D eigenvalue weighted by molar-refractivity contribution is 5.79.